The van der Waals surface area contributed by atoms with Crippen LogP contribution in [0.5, 0.6) is 0 Å². The van der Waals surface area contributed by atoms with Crippen molar-refractivity contribution in [1.82, 2.24) is 10.6 Å². The Balaban J connectivity index is 3.40. The first-order chi connectivity index (χ1) is 14.6. The highest BCUT2D eigenvalue weighted by atomic mass is 32.2. The molecule has 0 rings (SSSR count). The predicted octanol–water partition coefficient (Wildman–Crippen LogP) is 6.75. The van der Waals surface area contributed by atoms with Crippen LogP contribution < -0.4 is 10.6 Å². The van der Waals surface area contributed by atoms with Gasteiger partial charge < -0.3 is 15.7 Å². The van der Waals surface area contributed by atoms with Crippen molar-refractivity contribution >= 4 is 23.8 Å². The summed E-state index contributed by atoms with van der Waals surface area (Å²) in [4.78, 5) is 22.9. The molecule has 2 amide bonds. The second kappa shape index (κ2) is 22.8. The molecule has 0 aromatic heterocycles. The molecule has 0 aliphatic rings. The third-order valence-corrected chi connectivity index (χ3v) is 6.20. The maximum Gasteiger partial charge on any atom is 0.405 e. The minimum atomic E-state index is -1.14. The maximum atomic E-state index is 12.1. The van der Waals surface area contributed by atoms with Crippen molar-refractivity contribution in [2.45, 2.75) is 122 Å². The van der Waals surface area contributed by atoms with Gasteiger partial charge in [-0.25, -0.2) is 4.79 Å². The van der Waals surface area contributed by atoms with Gasteiger partial charge in [0, 0.05) is 6.54 Å². The van der Waals surface area contributed by atoms with Gasteiger partial charge >= 0.3 is 6.09 Å². The Labute approximate surface area is 189 Å². The molecule has 178 valence electrons. The Kier molecular flexibility index (Phi) is 22.1. The molecule has 0 aromatic rings. The van der Waals surface area contributed by atoms with Crippen LogP contribution >= 0.6 is 11.8 Å². The monoisotopic (exact) mass is 444 g/mol. The van der Waals surface area contributed by atoms with Crippen LogP contribution in [0.3, 0.4) is 0 Å². The average Bonchev–Trinajstić information content (AvgIpc) is 2.72. The Bertz CT molecular complexity index is 408. The van der Waals surface area contributed by atoms with Crippen LogP contribution in [-0.2, 0) is 4.79 Å². The summed E-state index contributed by atoms with van der Waals surface area (Å²) in [5.74, 6) is 0.560. The van der Waals surface area contributed by atoms with E-state index in [1.54, 1.807) is 11.8 Å². The molecule has 5 nitrogen and oxygen atoms in total. The summed E-state index contributed by atoms with van der Waals surface area (Å²) in [7, 11) is 0. The molecule has 0 aliphatic heterocycles. The lowest BCUT2D eigenvalue weighted by molar-refractivity contribution is -0.123. The number of unbranched alkanes of at least 4 members (excludes halogenated alkanes) is 15. The first-order valence-electron chi connectivity index (χ1n) is 12.4. The van der Waals surface area contributed by atoms with E-state index in [4.69, 9.17) is 5.11 Å². The van der Waals surface area contributed by atoms with Crippen molar-refractivity contribution in [1.29, 1.82) is 0 Å². The van der Waals surface area contributed by atoms with Crippen molar-refractivity contribution in [2.24, 2.45) is 0 Å². The summed E-state index contributed by atoms with van der Waals surface area (Å²) < 4.78 is 0. The fourth-order valence-corrected chi connectivity index (χ4v) is 4.13. The normalized spacial score (nSPS) is 11.9. The van der Waals surface area contributed by atoms with Crippen molar-refractivity contribution < 1.29 is 14.7 Å². The second-order valence-corrected chi connectivity index (χ2v) is 9.36. The van der Waals surface area contributed by atoms with Crippen molar-refractivity contribution in [3.8, 4) is 0 Å². The molecule has 0 saturated carbocycles. The minimum Gasteiger partial charge on any atom is -0.465 e. The van der Waals surface area contributed by atoms with E-state index in [9.17, 15) is 9.59 Å². The average molecular weight is 445 g/mol. The third-order valence-electron chi connectivity index (χ3n) is 5.55. The van der Waals surface area contributed by atoms with Gasteiger partial charge in [-0.15, -0.1) is 0 Å². The number of nitrogens with one attached hydrogen (secondary N) is 2. The molecule has 0 fully saturated rings. The molecule has 0 bridgehead atoms. The zero-order valence-electron chi connectivity index (χ0n) is 19.7. The highest BCUT2D eigenvalue weighted by molar-refractivity contribution is 7.98. The Morgan fingerprint density at radius 3 is 1.60 bits per heavy atom. The standard InChI is InChI=1S/C24H48N2O3S/c1-3-4-5-6-7-8-9-10-11-12-13-14-15-16-17-18-20-25-23(27)22(19-21-30-2)26-24(28)29/h22,26H,3-21H2,1-2H3,(H,25,27)(H,28,29). The van der Waals surface area contributed by atoms with Gasteiger partial charge in [-0.2, -0.15) is 11.8 Å². The molecular weight excluding hydrogens is 396 g/mol. The van der Waals surface area contributed by atoms with Crippen molar-refractivity contribution in [3.05, 3.63) is 0 Å². The van der Waals surface area contributed by atoms with Gasteiger partial charge in [-0.3, -0.25) is 4.79 Å². The van der Waals surface area contributed by atoms with E-state index >= 15 is 0 Å². The van der Waals surface area contributed by atoms with E-state index in [0.717, 1.165) is 18.6 Å². The SMILES string of the molecule is CCCCCCCCCCCCCCCCCCNC(=O)C(CCSC)NC(=O)O. The molecule has 0 aromatic carbocycles. The van der Waals surface area contributed by atoms with E-state index in [0.29, 0.717) is 13.0 Å². The molecule has 0 radical (unpaired) electrons. The molecule has 6 heteroatoms. The van der Waals surface area contributed by atoms with Gasteiger partial charge in [0.1, 0.15) is 6.04 Å². The van der Waals surface area contributed by atoms with Gasteiger partial charge in [-0.05, 0) is 24.9 Å². The Morgan fingerprint density at radius 2 is 1.20 bits per heavy atom. The first-order valence-corrected chi connectivity index (χ1v) is 13.8. The molecule has 0 spiro atoms. The fourth-order valence-electron chi connectivity index (χ4n) is 3.66. The van der Waals surface area contributed by atoms with Gasteiger partial charge in [0.2, 0.25) is 5.91 Å². The predicted molar refractivity (Wildman–Crippen MR) is 131 cm³/mol. The quantitative estimate of drug-likeness (QED) is 0.161. The summed E-state index contributed by atoms with van der Waals surface area (Å²) in [5.41, 5.74) is 0. The van der Waals surface area contributed by atoms with Gasteiger partial charge in [0.25, 0.3) is 0 Å². The smallest absolute Gasteiger partial charge is 0.405 e. The molecule has 30 heavy (non-hydrogen) atoms. The van der Waals surface area contributed by atoms with Crippen LogP contribution in [0.2, 0.25) is 0 Å². The molecule has 0 heterocycles. The number of carboxylic acid groups (broad SMARTS) is 1. The van der Waals surface area contributed by atoms with Crippen LogP contribution in [0.4, 0.5) is 4.79 Å². The highest BCUT2D eigenvalue weighted by Gasteiger charge is 2.19. The molecule has 0 aliphatic carbocycles. The molecule has 1 unspecified atom stereocenters. The summed E-state index contributed by atoms with van der Waals surface area (Å²) in [6, 6.07) is -0.643. The fraction of sp³-hybridized carbons (Fsp3) is 0.917. The lowest BCUT2D eigenvalue weighted by Gasteiger charge is -2.16. The molecule has 3 N–H and O–H groups in total. The minimum absolute atomic E-state index is 0.201. The molecular formula is C24H48N2O3S. The van der Waals surface area contributed by atoms with Crippen LogP contribution in [-0.4, -0.2) is 41.7 Å². The molecule has 1 atom stereocenters. The number of rotatable bonds is 22. The van der Waals surface area contributed by atoms with Crippen molar-refractivity contribution in [3.63, 3.8) is 0 Å². The van der Waals surface area contributed by atoms with E-state index in [-0.39, 0.29) is 5.91 Å². The summed E-state index contributed by atoms with van der Waals surface area (Å²) in [5, 5.41) is 14.0. The summed E-state index contributed by atoms with van der Waals surface area (Å²) in [6.07, 6.45) is 22.6. The largest absolute Gasteiger partial charge is 0.465 e. The number of thioether (sulfide) groups is 1. The van der Waals surface area contributed by atoms with Crippen LogP contribution in [0, 0.1) is 0 Å². The number of carbonyl (C=O) groups is 2. The lowest BCUT2D eigenvalue weighted by Crippen LogP contribution is -2.46. The Hall–Kier alpha value is -0.910. The summed E-state index contributed by atoms with van der Waals surface area (Å²) >= 11 is 1.61. The molecule has 0 saturated heterocycles. The number of carbonyl (C=O) groups excluding carboxylic acids is 1. The van der Waals surface area contributed by atoms with Crippen LogP contribution in [0.15, 0.2) is 0 Å². The van der Waals surface area contributed by atoms with E-state index < -0.39 is 12.1 Å². The van der Waals surface area contributed by atoms with E-state index in [1.165, 1.54) is 89.9 Å². The van der Waals surface area contributed by atoms with E-state index in [1.807, 2.05) is 6.26 Å². The van der Waals surface area contributed by atoms with Crippen LogP contribution in [0.25, 0.3) is 0 Å². The zero-order valence-corrected chi connectivity index (χ0v) is 20.5. The topological polar surface area (TPSA) is 78.4 Å². The number of hydrogen-bond acceptors (Lipinski definition) is 3. The van der Waals surface area contributed by atoms with Gasteiger partial charge in [0.05, 0.1) is 0 Å². The maximum absolute atomic E-state index is 12.1. The highest BCUT2D eigenvalue weighted by Crippen LogP contribution is 2.13. The van der Waals surface area contributed by atoms with Gasteiger partial charge in [-0.1, -0.05) is 103 Å². The lowest BCUT2D eigenvalue weighted by atomic mass is 10.0. The number of amides is 2. The van der Waals surface area contributed by atoms with Gasteiger partial charge in [0.15, 0.2) is 0 Å². The third kappa shape index (κ3) is 20.4. The number of hydrogen-bond donors (Lipinski definition) is 3. The first kappa shape index (κ1) is 29.1. The second-order valence-electron chi connectivity index (χ2n) is 8.38. The Morgan fingerprint density at radius 1 is 0.767 bits per heavy atom. The zero-order chi connectivity index (χ0) is 22.3. The van der Waals surface area contributed by atoms with Crippen molar-refractivity contribution in [2.75, 3.05) is 18.6 Å². The summed E-state index contributed by atoms with van der Waals surface area (Å²) in [6.45, 7) is 2.90. The van der Waals surface area contributed by atoms with E-state index in [2.05, 4.69) is 17.6 Å². The van der Waals surface area contributed by atoms with Crippen LogP contribution in [0.1, 0.15) is 116 Å².